The molecule has 0 saturated carbocycles. The van der Waals surface area contributed by atoms with E-state index in [4.69, 9.17) is 5.26 Å². The number of Topliss-reactive ketones (excluding diaryl/α,β-unsaturated/α-hetero) is 1. The van der Waals surface area contributed by atoms with Crippen LogP contribution in [-0.4, -0.2) is 29.2 Å². The molecule has 0 bridgehead atoms. The van der Waals surface area contributed by atoms with Gasteiger partial charge >= 0.3 is 0 Å². The van der Waals surface area contributed by atoms with Crippen LogP contribution in [0.25, 0.3) is 0 Å². The number of benzene rings is 2. The van der Waals surface area contributed by atoms with Crippen LogP contribution in [0.2, 0.25) is 0 Å². The Kier molecular flexibility index (Phi) is 5.25. The lowest BCUT2D eigenvalue weighted by Crippen LogP contribution is -2.36. The summed E-state index contributed by atoms with van der Waals surface area (Å²) in [4.78, 5) is 27.1. The summed E-state index contributed by atoms with van der Waals surface area (Å²) in [6, 6.07) is 18.5. The van der Waals surface area contributed by atoms with Crippen LogP contribution < -0.4 is 0 Å². The molecular weight excluding hydrogens is 312 g/mol. The Balaban J connectivity index is 1.73. The van der Waals surface area contributed by atoms with E-state index < -0.39 is 0 Å². The lowest BCUT2D eigenvalue weighted by molar-refractivity contribution is 0.0717. The molecule has 4 nitrogen and oxygen atoms in total. The lowest BCUT2D eigenvalue weighted by Gasteiger charge is -2.24. The Bertz CT molecular complexity index is 808. The van der Waals surface area contributed by atoms with Crippen molar-refractivity contribution in [2.45, 2.75) is 31.7 Å². The largest absolute Gasteiger partial charge is 0.335 e. The molecule has 0 radical (unpaired) electrons. The van der Waals surface area contributed by atoms with Crippen LogP contribution in [0.15, 0.2) is 54.6 Å². The summed E-state index contributed by atoms with van der Waals surface area (Å²) < 4.78 is 0. The van der Waals surface area contributed by atoms with Crippen LogP contribution in [0.3, 0.4) is 0 Å². The quantitative estimate of drug-likeness (QED) is 0.786. The fourth-order valence-electron chi connectivity index (χ4n) is 3.34. The number of hydrogen-bond acceptors (Lipinski definition) is 3. The van der Waals surface area contributed by atoms with Crippen LogP contribution in [-0.2, 0) is 6.42 Å². The van der Waals surface area contributed by atoms with Gasteiger partial charge in [0.2, 0.25) is 0 Å². The minimum atomic E-state index is -0.0557. The van der Waals surface area contributed by atoms with Gasteiger partial charge in [-0.05, 0) is 30.5 Å². The zero-order valence-electron chi connectivity index (χ0n) is 14.0. The fraction of sp³-hybridized carbons (Fsp3) is 0.286. The van der Waals surface area contributed by atoms with E-state index >= 15 is 0 Å². The van der Waals surface area contributed by atoms with E-state index in [0.717, 1.165) is 18.4 Å². The molecule has 1 aliphatic heterocycles. The van der Waals surface area contributed by atoms with Gasteiger partial charge < -0.3 is 4.90 Å². The summed E-state index contributed by atoms with van der Waals surface area (Å²) >= 11 is 0. The maximum atomic E-state index is 12.9. The monoisotopic (exact) mass is 332 g/mol. The van der Waals surface area contributed by atoms with Crippen molar-refractivity contribution in [1.29, 1.82) is 5.26 Å². The Labute approximate surface area is 147 Å². The van der Waals surface area contributed by atoms with Gasteiger partial charge in [0, 0.05) is 30.1 Å². The summed E-state index contributed by atoms with van der Waals surface area (Å²) in [6.45, 7) is 0.675. The van der Waals surface area contributed by atoms with Crippen molar-refractivity contribution in [3.8, 4) is 6.07 Å². The van der Waals surface area contributed by atoms with Crippen molar-refractivity contribution < 1.29 is 9.59 Å². The van der Waals surface area contributed by atoms with Gasteiger partial charge in [0.1, 0.15) is 0 Å². The van der Waals surface area contributed by atoms with Gasteiger partial charge in [0.05, 0.1) is 12.5 Å². The van der Waals surface area contributed by atoms with Crippen molar-refractivity contribution in [1.82, 2.24) is 4.90 Å². The molecule has 1 saturated heterocycles. The van der Waals surface area contributed by atoms with E-state index in [1.165, 1.54) is 0 Å². The average molecular weight is 332 g/mol. The minimum absolute atomic E-state index is 0.0526. The molecule has 126 valence electrons. The number of nitrogens with zero attached hydrogens (tertiary/aromatic N) is 2. The molecule has 1 fully saturated rings. The number of carbonyl (C=O) groups is 2. The first-order valence-electron chi connectivity index (χ1n) is 8.54. The summed E-state index contributed by atoms with van der Waals surface area (Å²) in [5, 5.41) is 8.83. The normalized spacial score (nSPS) is 16.4. The molecule has 1 atom stereocenters. The predicted molar refractivity (Wildman–Crippen MR) is 95.2 cm³/mol. The number of carbonyl (C=O) groups excluding carboxylic acids is 2. The fourth-order valence-corrected chi connectivity index (χ4v) is 3.34. The molecule has 2 aromatic rings. The van der Waals surface area contributed by atoms with Crippen LogP contribution in [0, 0.1) is 11.3 Å². The maximum absolute atomic E-state index is 12.9. The first-order valence-corrected chi connectivity index (χ1v) is 8.54. The summed E-state index contributed by atoms with van der Waals surface area (Å²) in [6.07, 6.45) is 2.41. The third-order valence-corrected chi connectivity index (χ3v) is 4.61. The number of ketones is 1. The summed E-state index contributed by atoms with van der Waals surface area (Å²) in [5.74, 6) is 0.0201. The van der Waals surface area contributed by atoms with Crippen molar-refractivity contribution in [3.63, 3.8) is 0 Å². The molecule has 0 spiro atoms. The van der Waals surface area contributed by atoms with Crippen molar-refractivity contribution in [2.24, 2.45) is 0 Å². The number of rotatable bonds is 5. The molecule has 0 N–H and O–H groups in total. The lowest BCUT2D eigenvalue weighted by atomic mass is 10.0. The third kappa shape index (κ3) is 3.95. The summed E-state index contributed by atoms with van der Waals surface area (Å²) in [7, 11) is 0. The average Bonchev–Trinajstić information content (AvgIpc) is 3.10. The molecule has 2 aromatic carbocycles. The van der Waals surface area contributed by atoms with Gasteiger partial charge in [-0.1, -0.05) is 42.5 Å². The molecule has 0 aromatic heterocycles. The van der Waals surface area contributed by atoms with Crippen molar-refractivity contribution in [3.05, 3.63) is 71.3 Å². The number of nitriles is 1. The zero-order valence-corrected chi connectivity index (χ0v) is 14.0. The highest BCUT2D eigenvalue weighted by atomic mass is 16.2. The Morgan fingerprint density at radius 1 is 1.08 bits per heavy atom. The molecule has 1 heterocycles. The van der Waals surface area contributed by atoms with Gasteiger partial charge in [0.15, 0.2) is 5.78 Å². The van der Waals surface area contributed by atoms with Gasteiger partial charge in [-0.3, -0.25) is 9.59 Å². The van der Waals surface area contributed by atoms with E-state index in [1.807, 2.05) is 41.3 Å². The van der Waals surface area contributed by atoms with E-state index in [2.05, 4.69) is 6.07 Å². The Morgan fingerprint density at radius 2 is 1.84 bits per heavy atom. The number of amides is 1. The van der Waals surface area contributed by atoms with Gasteiger partial charge in [0.25, 0.3) is 5.91 Å². The molecule has 0 unspecified atom stereocenters. The molecule has 1 aliphatic rings. The van der Waals surface area contributed by atoms with E-state index in [9.17, 15) is 9.59 Å². The van der Waals surface area contributed by atoms with Crippen LogP contribution in [0.4, 0.5) is 0 Å². The van der Waals surface area contributed by atoms with Crippen LogP contribution >= 0.6 is 0 Å². The topological polar surface area (TPSA) is 61.2 Å². The van der Waals surface area contributed by atoms with Crippen LogP contribution in [0.1, 0.15) is 45.5 Å². The second-order valence-electron chi connectivity index (χ2n) is 6.32. The minimum Gasteiger partial charge on any atom is -0.335 e. The molecule has 25 heavy (non-hydrogen) atoms. The first-order chi connectivity index (χ1) is 12.2. The van der Waals surface area contributed by atoms with Crippen molar-refractivity contribution in [2.75, 3.05) is 6.54 Å². The smallest absolute Gasteiger partial charge is 0.254 e. The highest BCUT2D eigenvalue weighted by molar-refractivity contribution is 5.98. The standard InChI is InChI=1S/C21H20N2O2/c22-12-11-16-6-4-9-18(14-16)21(25)23-13-5-10-19(23)15-20(24)17-7-2-1-3-8-17/h1-4,6-9,14,19H,5,10-11,13,15H2/t19-/m1/s1. The highest BCUT2D eigenvalue weighted by Gasteiger charge is 2.31. The number of hydrogen-bond donors (Lipinski definition) is 0. The maximum Gasteiger partial charge on any atom is 0.254 e. The third-order valence-electron chi connectivity index (χ3n) is 4.61. The number of likely N-dealkylation sites (tertiary alicyclic amines) is 1. The van der Waals surface area contributed by atoms with E-state index in [-0.39, 0.29) is 24.2 Å². The second kappa shape index (κ2) is 7.76. The van der Waals surface area contributed by atoms with Gasteiger partial charge in [-0.15, -0.1) is 0 Å². The van der Waals surface area contributed by atoms with E-state index in [1.54, 1.807) is 18.2 Å². The highest BCUT2D eigenvalue weighted by Crippen LogP contribution is 2.24. The molecular formula is C21H20N2O2. The van der Waals surface area contributed by atoms with Crippen LogP contribution in [0.5, 0.6) is 0 Å². The van der Waals surface area contributed by atoms with Gasteiger partial charge in [-0.2, -0.15) is 5.26 Å². The second-order valence-corrected chi connectivity index (χ2v) is 6.32. The molecule has 3 rings (SSSR count). The van der Waals surface area contributed by atoms with Gasteiger partial charge in [-0.25, -0.2) is 0 Å². The summed E-state index contributed by atoms with van der Waals surface area (Å²) in [5.41, 5.74) is 2.12. The molecule has 4 heteroatoms. The van der Waals surface area contributed by atoms with E-state index in [0.29, 0.717) is 24.1 Å². The molecule has 0 aliphatic carbocycles. The Hall–Kier alpha value is -2.93. The Morgan fingerprint density at radius 3 is 2.60 bits per heavy atom. The molecule has 1 amide bonds. The zero-order chi connectivity index (χ0) is 17.6. The first kappa shape index (κ1) is 16.9. The van der Waals surface area contributed by atoms with Crippen molar-refractivity contribution >= 4 is 11.7 Å². The SMILES string of the molecule is N#CCc1cccc(C(=O)N2CCC[C@@H]2CC(=O)c2ccccc2)c1. The predicted octanol–water partition coefficient (Wildman–Crippen LogP) is 3.63.